The largest absolute Gasteiger partial charge is 0.332 e. The molecule has 5 heteroatoms. The molecular weight excluding hydrogens is 410 g/mol. The highest BCUT2D eigenvalue weighted by atomic mass is 16.2. The summed E-state index contributed by atoms with van der Waals surface area (Å²) in [5.41, 5.74) is 9.79. The fraction of sp³-hybridized carbons (Fsp3) is 0.357. The van der Waals surface area contributed by atoms with Crippen molar-refractivity contribution in [1.29, 1.82) is 0 Å². The second-order valence-electron chi connectivity index (χ2n) is 9.03. The van der Waals surface area contributed by atoms with Gasteiger partial charge in [0.15, 0.2) is 0 Å². The molecule has 1 fully saturated rings. The minimum atomic E-state index is -0.611. The maximum absolute atomic E-state index is 13.2. The molecule has 2 aromatic rings. The van der Waals surface area contributed by atoms with Crippen LogP contribution in [-0.4, -0.2) is 28.8 Å². The van der Waals surface area contributed by atoms with Gasteiger partial charge in [0.2, 0.25) is 5.91 Å². The molecule has 0 aliphatic heterocycles. The van der Waals surface area contributed by atoms with Crippen LogP contribution in [0.5, 0.6) is 0 Å². The molecule has 2 aliphatic carbocycles. The quantitative estimate of drug-likeness (QED) is 0.619. The summed E-state index contributed by atoms with van der Waals surface area (Å²) in [4.78, 5) is 27.8. The van der Waals surface area contributed by atoms with Crippen LogP contribution in [0, 0.1) is 0 Å². The van der Waals surface area contributed by atoms with Gasteiger partial charge in [-0.05, 0) is 48.9 Å². The second-order valence-corrected chi connectivity index (χ2v) is 9.03. The van der Waals surface area contributed by atoms with E-state index in [1.54, 1.807) is 0 Å². The molecule has 0 radical (unpaired) electrons. The highest BCUT2D eigenvalue weighted by Crippen LogP contribution is 2.27. The van der Waals surface area contributed by atoms with Crippen LogP contribution in [0.1, 0.15) is 49.7 Å². The second kappa shape index (κ2) is 11.1. The van der Waals surface area contributed by atoms with E-state index in [2.05, 4.69) is 10.2 Å². The summed E-state index contributed by atoms with van der Waals surface area (Å²) in [6, 6.07) is 17.2. The third-order valence-corrected chi connectivity index (χ3v) is 6.53. The molecule has 2 aromatic carbocycles. The molecule has 172 valence electrons. The van der Waals surface area contributed by atoms with Crippen LogP contribution in [0.15, 0.2) is 78.4 Å². The van der Waals surface area contributed by atoms with Crippen molar-refractivity contribution < 1.29 is 9.59 Å². The number of carbonyl (C=O) groups is 2. The van der Waals surface area contributed by atoms with E-state index in [0.717, 1.165) is 36.0 Å². The zero-order valence-electron chi connectivity index (χ0n) is 19.1. The normalized spacial score (nSPS) is 16.8. The van der Waals surface area contributed by atoms with E-state index in [4.69, 9.17) is 5.73 Å². The van der Waals surface area contributed by atoms with Gasteiger partial charge in [-0.3, -0.25) is 9.59 Å². The highest BCUT2D eigenvalue weighted by Gasteiger charge is 2.27. The summed E-state index contributed by atoms with van der Waals surface area (Å²) in [6.45, 7) is 0.586. The molecule has 0 saturated heterocycles. The number of benzene rings is 2. The van der Waals surface area contributed by atoms with E-state index in [1.165, 1.54) is 19.3 Å². The zero-order valence-corrected chi connectivity index (χ0v) is 19.1. The Morgan fingerprint density at radius 3 is 2.36 bits per heavy atom. The summed E-state index contributed by atoms with van der Waals surface area (Å²) in [5.74, 6) is -0.0533. The molecule has 1 unspecified atom stereocenters. The molecule has 2 aliphatic rings. The van der Waals surface area contributed by atoms with Crippen LogP contribution in [0.2, 0.25) is 0 Å². The summed E-state index contributed by atoms with van der Waals surface area (Å²) in [6.07, 6.45) is 12.9. The van der Waals surface area contributed by atoms with Crippen molar-refractivity contribution in [1.82, 2.24) is 4.90 Å². The predicted molar refractivity (Wildman–Crippen MR) is 132 cm³/mol. The molecule has 4 rings (SSSR count). The van der Waals surface area contributed by atoms with Gasteiger partial charge in [-0.1, -0.05) is 80.0 Å². The monoisotopic (exact) mass is 443 g/mol. The van der Waals surface area contributed by atoms with E-state index < -0.39 is 6.04 Å². The summed E-state index contributed by atoms with van der Waals surface area (Å²) >= 11 is 0. The third kappa shape index (κ3) is 6.20. The highest BCUT2D eigenvalue weighted by molar-refractivity contribution is 5.95. The van der Waals surface area contributed by atoms with Gasteiger partial charge in [0, 0.05) is 23.8 Å². The smallest absolute Gasteiger partial charge is 0.250 e. The number of hydrogen-bond acceptors (Lipinski definition) is 3. The lowest BCUT2D eigenvalue weighted by Crippen LogP contribution is -2.41. The van der Waals surface area contributed by atoms with E-state index >= 15 is 0 Å². The maximum atomic E-state index is 13.2. The molecule has 2 amide bonds. The maximum Gasteiger partial charge on any atom is 0.250 e. The molecule has 0 bridgehead atoms. The number of anilines is 1. The number of nitrogens with zero attached hydrogens (tertiary/aromatic N) is 1. The molecular formula is C28H33N3O2. The Morgan fingerprint density at radius 2 is 1.70 bits per heavy atom. The van der Waals surface area contributed by atoms with Crippen LogP contribution >= 0.6 is 0 Å². The SMILES string of the molecule is NC(Cc1ccccc1)C(=O)Nc1ccc(CN(C(=O)C2=CC=CC2)C2CCCCC2)cc1. The average Bonchev–Trinajstić information content (AvgIpc) is 3.39. The number of nitrogens with two attached hydrogens (primary N) is 1. The molecule has 0 spiro atoms. The van der Waals surface area contributed by atoms with Gasteiger partial charge in [-0.25, -0.2) is 0 Å². The first-order valence-electron chi connectivity index (χ1n) is 12.0. The number of amides is 2. The number of hydrogen-bond donors (Lipinski definition) is 2. The van der Waals surface area contributed by atoms with E-state index in [-0.39, 0.29) is 11.8 Å². The van der Waals surface area contributed by atoms with Gasteiger partial charge in [-0.15, -0.1) is 0 Å². The Bertz CT molecular complexity index is 1010. The number of rotatable bonds is 8. The van der Waals surface area contributed by atoms with Gasteiger partial charge in [0.05, 0.1) is 6.04 Å². The Labute approximate surface area is 196 Å². The van der Waals surface area contributed by atoms with Crippen molar-refractivity contribution in [2.24, 2.45) is 5.73 Å². The first-order chi connectivity index (χ1) is 16.1. The topological polar surface area (TPSA) is 75.4 Å². The minimum Gasteiger partial charge on any atom is -0.332 e. The molecule has 1 saturated carbocycles. The fourth-order valence-electron chi connectivity index (χ4n) is 4.64. The summed E-state index contributed by atoms with van der Waals surface area (Å²) in [5, 5.41) is 2.91. The van der Waals surface area contributed by atoms with Gasteiger partial charge in [0.1, 0.15) is 0 Å². The van der Waals surface area contributed by atoms with Crippen molar-refractivity contribution >= 4 is 17.5 Å². The van der Waals surface area contributed by atoms with Gasteiger partial charge in [0.25, 0.3) is 5.91 Å². The van der Waals surface area contributed by atoms with E-state index in [1.807, 2.05) is 72.8 Å². The lowest BCUT2D eigenvalue weighted by atomic mass is 9.93. The third-order valence-electron chi connectivity index (χ3n) is 6.53. The lowest BCUT2D eigenvalue weighted by molar-refractivity contribution is -0.130. The van der Waals surface area contributed by atoms with Crippen molar-refractivity contribution in [2.45, 2.75) is 63.6 Å². The first kappa shape index (κ1) is 23.0. The fourth-order valence-corrected chi connectivity index (χ4v) is 4.64. The van der Waals surface area contributed by atoms with Crippen molar-refractivity contribution in [3.8, 4) is 0 Å². The Kier molecular flexibility index (Phi) is 7.74. The van der Waals surface area contributed by atoms with Crippen LogP contribution in [0.3, 0.4) is 0 Å². The Hall–Kier alpha value is -3.18. The molecule has 33 heavy (non-hydrogen) atoms. The van der Waals surface area contributed by atoms with Gasteiger partial charge >= 0.3 is 0 Å². The summed E-state index contributed by atoms with van der Waals surface area (Å²) < 4.78 is 0. The van der Waals surface area contributed by atoms with Gasteiger partial charge in [-0.2, -0.15) is 0 Å². The number of allylic oxidation sites excluding steroid dienone is 3. The Balaban J connectivity index is 1.38. The molecule has 0 aromatic heterocycles. The number of nitrogens with one attached hydrogen (secondary N) is 1. The first-order valence-corrected chi connectivity index (χ1v) is 12.0. The van der Waals surface area contributed by atoms with E-state index in [0.29, 0.717) is 24.7 Å². The zero-order chi connectivity index (χ0) is 23.0. The standard InChI is InChI=1S/C28H33N3O2/c29-26(19-21-9-3-1-4-10-21)27(32)30-24-17-15-22(16-18-24)20-31(25-13-5-2-6-14-25)28(33)23-11-7-8-12-23/h1,3-4,7-11,15-18,25-26H,2,5-6,12-14,19-20,29H2,(H,30,32). The number of carbonyl (C=O) groups excluding carboxylic acids is 2. The molecule has 5 nitrogen and oxygen atoms in total. The van der Waals surface area contributed by atoms with Crippen LogP contribution < -0.4 is 11.1 Å². The van der Waals surface area contributed by atoms with Crippen LogP contribution in [0.25, 0.3) is 0 Å². The summed E-state index contributed by atoms with van der Waals surface area (Å²) in [7, 11) is 0. The van der Waals surface area contributed by atoms with Crippen LogP contribution in [-0.2, 0) is 22.6 Å². The van der Waals surface area contributed by atoms with Crippen LogP contribution in [0.4, 0.5) is 5.69 Å². The Morgan fingerprint density at radius 1 is 0.970 bits per heavy atom. The van der Waals surface area contributed by atoms with E-state index in [9.17, 15) is 9.59 Å². The van der Waals surface area contributed by atoms with Crippen molar-refractivity contribution in [3.05, 3.63) is 89.5 Å². The predicted octanol–water partition coefficient (Wildman–Crippen LogP) is 4.74. The minimum absolute atomic E-state index is 0.149. The molecule has 1 atom stereocenters. The molecule has 3 N–H and O–H groups in total. The van der Waals surface area contributed by atoms with Crippen molar-refractivity contribution in [3.63, 3.8) is 0 Å². The van der Waals surface area contributed by atoms with Crippen molar-refractivity contribution in [2.75, 3.05) is 5.32 Å². The lowest BCUT2D eigenvalue weighted by Gasteiger charge is -2.35. The molecule has 0 heterocycles. The average molecular weight is 444 g/mol. The van der Waals surface area contributed by atoms with Gasteiger partial charge < -0.3 is 16.0 Å².